The molecule has 1 atom stereocenters. The molecule has 0 aromatic carbocycles. The lowest BCUT2D eigenvalue weighted by atomic mass is 9.99. The van der Waals surface area contributed by atoms with Crippen molar-refractivity contribution in [2.45, 2.75) is 38.3 Å². The molecule has 0 aliphatic carbocycles. The summed E-state index contributed by atoms with van der Waals surface area (Å²) < 4.78 is 2.16. The molecular formula is C15H21N3O. The van der Waals surface area contributed by atoms with Crippen LogP contribution >= 0.6 is 0 Å². The minimum absolute atomic E-state index is 0.286. The maximum Gasteiger partial charge on any atom is 0.136 e. The molecule has 0 radical (unpaired) electrons. The highest BCUT2D eigenvalue weighted by atomic mass is 16.3. The fraction of sp³-hybridized carbons (Fsp3) is 0.533. The highest BCUT2D eigenvalue weighted by molar-refractivity contribution is 5.39. The monoisotopic (exact) mass is 259 g/mol. The second-order valence-electron chi connectivity index (χ2n) is 5.31. The second kappa shape index (κ2) is 5.72. The maximum absolute atomic E-state index is 9.19. The molecule has 1 N–H and O–H groups in total. The minimum Gasteiger partial charge on any atom is -0.396 e. The van der Waals surface area contributed by atoms with E-state index in [0.717, 1.165) is 25.2 Å². The molecule has 0 bridgehead atoms. The number of hydrogen-bond acceptors (Lipinski definition) is 3. The highest BCUT2D eigenvalue weighted by Crippen LogP contribution is 2.22. The first-order valence-electron chi connectivity index (χ1n) is 7.14. The van der Waals surface area contributed by atoms with Gasteiger partial charge in [-0.05, 0) is 37.9 Å². The topological polar surface area (TPSA) is 40.8 Å². The van der Waals surface area contributed by atoms with Crippen LogP contribution in [0, 0.1) is 0 Å². The molecule has 4 nitrogen and oxygen atoms in total. The molecule has 102 valence electrons. The number of aliphatic hydroxyl groups is 1. The van der Waals surface area contributed by atoms with Crippen LogP contribution < -0.4 is 0 Å². The number of imidazole rings is 1. The van der Waals surface area contributed by atoms with E-state index in [9.17, 15) is 5.11 Å². The number of pyridine rings is 1. The Bertz CT molecular complexity index is 535. The number of fused-ring (bicyclic) bond motifs is 1. The van der Waals surface area contributed by atoms with Crippen LogP contribution in [0.1, 0.15) is 31.4 Å². The van der Waals surface area contributed by atoms with E-state index in [-0.39, 0.29) is 6.61 Å². The number of likely N-dealkylation sites (tertiary alicyclic amines) is 1. The molecule has 1 aliphatic rings. The van der Waals surface area contributed by atoms with Crippen molar-refractivity contribution >= 4 is 5.65 Å². The van der Waals surface area contributed by atoms with E-state index in [2.05, 4.69) is 20.5 Å². The van der Waals surface area contributed by atoms with Gasteiger partial charge in [0.15, 0.2) is 0 Å². The van der Waals surface area contributed by atoms with Gasteiger partial charge in [0.25, 0.3) is 0 Å². The van der Waals surface area contributed by atoms with Crippen molar-refractivity contribution < 1.29 is 5.11 Å². The Labute approximate surface area is 113 Å². The molecule has 2 aromatic heterocycles. The van der Waals surface area contributed by atoms with Gasteiger partial charge in [-0.2, -0.15) is 0 Å². The lowest BCUT2D eigenvalue weighted by Crippen LogP contribution is -2.39. The zero-order chi connectivity index (χ0) is 13.1. The van der Waals surface area contributed by atoms with Crippen molar-refractivity contribution in [1.82, 2.24) is 14.3 Å². The van der Waals surface area contributed by atoms with Gasteiger partial charge >= 0.3 is 0 Å². The molecule has 1 saturated heterocycles. The van der Waals surface area contributed by atoms with E-state index in [1.54, 1.807) is 0 Å². The van der Waals surface area contributed by atoms with E-state index >= 15 is 0 Å². The van der Waals surface area contributed by atoms with Crippen molar-refractivity contribution in [3.8, 4) is 0 Å². The summed E-state index contributed by atoms with van der Waals surface area (Å²) >= 11 is 0. The fourth-order valence-electron chi connectivity index (χ4n) is 3.05. The molecular weight excluding hydrogens is 238 g/mol. The molecule has 1 aliphatic heterocycles. The van der Waals surface area contributed by atoms with E-state index in [1.165, 1.54) is 25.0 Å². The third-order valence-corrected chi connectivity index (χ3v) is 4.07. The molecule has 1 unspecified atom stereocenters. The van der Waals surface area contributed by atoms with Gasteiger partial charge in [-0.3, -0.25) is 4.90 Å². The average Bonchev–Trinajstić information content (AvgIpc) is 2.85. The van der Waals surface area contributed by atoms with E-state index < -0.39 is 0 Å². The molecule has 4 heteroatoms. The summed E-state index contributed by atoms with van der Waals surface area (Å²) in [5.74, 6) is 0. The molecule has 1 fully saturated rings. The zero-order valence-electron chi connectivity index (χ0n) is 11.2. The summed E-state index contributed by atoms with van der Waals surface area (Å²) in [6, 6.07) is 6.61. The second-order valence-corrected chi connectivity index (χ2v) is 5.31. The van der Waals surface area contributed by atoms with Crippen LogP contribution in [-0.4, -0.2) is 38.6 Å². The van der Waals surface area contributed by atoms with Crippen molar-refractivity contribution in [3.63, 3.8) is 0 Å². The predicted molar refractivity (Wildman–Crippen MR) is 74.9 cm³/mol. The van der Waals surface area contributed by atoms with Gasteiger partial charge in [-0.25, -0.2) is 4.98 Å². The van der Waals surface area contributed by atoms with Crippen molar-refractivity contribution in [3.05, 3.63) is 36.3 Å². The standard InChI is InChI=1S/C15H21N3O/c19-10-7-13-5-1-3-8-17(13)12-14-11-16-15-6-2-4-9-18(14)15/h2,4,6,9,11,13,19H,1,3,5,7-8,10,12H2. The largest absolute Gasteiger partial charge is 0.396 e. The zero-order valence-corrected chi connectivity index (χ0v) is 11.2. The Hall–Kier alpha value is -1.39. The number of rotatable bonds is 4. The number of aromatic nitrogens is 2. The fourth-order valence-corrected chi connectivity index (χ4v) is 3.05. The predicted octanol–water partition coefficient (Wildman–Crippen LogP) is 2.07. The summed E-state index contributed by atoms with van der Waals surface area (Å²) in [5.41, 5.74) is 2.24. The first kappa shape index (κ1) is 12.6. The minimum atomic E-state index is 0.286. The molecule has 0 spiro atoms. The summed E-state index contributed by atoms with van der Waals surface area (Å²) in [4.78, 5) is 6.94. The maximum atomic E-state index is 9.19. The summed E-state index contributed by atoms with van der Waals surface area (Å²) in [6.45, 7) is 2.34. The van der Waals surface area contributed by atoms with Crippen molar-refractivity contribution in [2.75, 3.05) is 13.2 Å². The first-order chi connectivity index (χ1) is 9.38. The Morgan fingerprint density at radius 1 is 1.32 bits per heavy atom. The summed E-state index contributed by atoms with van der Waals surface area (Å²) in [6.07, 6.45) is 8.68. The molecule has 3 heterocycles. The van der Waals surface area contributed by atoms with E-state index in [1.807, 2.05) is 24.4 Å². The first-order valence-corrected chi connectivity index (χ1v) is 7.14. The van der Waals surface area contributed by atoms with Crippen molar-refractivity contribution in [1.29, 1.82) is 0 Å². The Morgan fingerprint density at radius 3 is 3.16 bits per heavy atom. The Balaban J connectivity index is 1.79. The van der Waals surface area contributed by atoms with Crippen LogP contribution in [0.5, 0.6) is 0 Å². The summed E-state index contributed by atoms with van der Waals surface area (Å²) in [7, 11) is 0. The van der Waals surface area contributed by atoms with Crippen LogP contribution in [-0.2, 0) is 6.54 Å². The van der Waals surface area contributed by atoms with E-state index in [0.29, 0.717) is 6.04 Å². The molecule has 3 rings (SSSR count). The number of aliphatic hydroxyl groups excluding tert-OH is 1. The van der Waals surface area contributed by atoms with Gasteiger partial charge in [0.2, 0.25) is 0 Å². The van der Waals surface area contributed by atoms with Crippen LogP contribution in [0.2, 0.25) is 0 Å². The Kier molecular flexibility index (Phi) is 3.80. The van der Waals surface area contributed by atoms with Crippen LogP contribution in [0.4, 0.5) is 0 Å². The number of hydrogen-bond donors (Lipinski definition) is 1. The van der Waals surface area contributed by atoms with Gasteiger partial charge < -0.3 is 9.51 Å². The van der Waals surface area contributed by atoms with Gasteiger partial charge in [0.05, 0.1) is 11.9 Å². The average molecular weight is 259 g/mol. The van der Waals surface area contributed by atoms with Crippen LogP contribution in [0.25, 0.3) is 5.65 Å². The smallest absolute Gasteiger partial charge is 0.136 e. The SMILES string of the molecule is OCCC1CCCCN1Cc1cnc2ccccn12. The number of nitrogens with zero attached hydrogens (tertiary/aromatic N) is 3. The lowest BCUT2D eigenvalue weighted by molar-refractivity contribution is 0.111. The van der Waals surface area contributed by atoms with Crippen LogP contribution in [0.15, 0.2) is 30.6 Å². The normalized spacial score (nSPS) is 21.0. The van der Waals surface area contributed by atoms with Gasteiger partial charge in [0, 0.05) is 25.4 Å². The number of piperidine rings is 1. The van der Waals surface area contributed by atoms with Gasteiger partial charge in [-0.15, -0.1) is 0 Å². The van der Waals surface area contributed by atoms with Crippen molar-refractivity contribution in [2.24, 2.45) is 0 Å². The van der Waals surface area contributed by atoms with Gasteiger partial charge in [0.1, 0.15) is 5.65 Å². The molecule has 0 amide bonds. The molecule has 19 heavy (non-hydrogen) atoms. The third kappa shape index (κ3) is 2.65. The lowest BCUT2D eigenvalue weighted by Gasteiger charge is -2.35. The van der Waals surface area contributed by atoms with Gasteiger partial charge in [-0.1, -0.05) is 12.5 Å². The van der Waals surface area contributed by atoms with Crippen LogP contribution in [0.3, 0.4) is 0 Å². The molecule has 0 saturated carbocycles. The summed E-state index contributed by atoms with van der Waals surface area (Å²) in [5, 5.41) is 9.19. The molecule has 2 aromatic rings. The Morgan fingerprint density at radius 2 is 2.26 bits per heavy atom. The third-order valence-electron chi connectivity index (χ3n) is 4.07. The quantitative estimate of drug-likeness (QED) is 0.914. The highest BCUT2D eigenvalue weighted by Gasteiger charge is 2.22. The van der Waals surface area contributed by atoms with E-state index in [4.69, 9.17) is 0 Å².